The highest BCUT2D eigenvalue weighted by Crippen LogP contribution is 2.33. The van der Waals surface area contributed by atoms with Crippen molar-refractivity contribution in [2.45, 2.75) is 39.2 Å². The molecule has 0 radical (unpaired) electrons. The van der Waals surface area contributed by atoms with Crippen molar-refractivity contribution in [1.29, 1.82) is 0 Å². The fourth-order valence-corrected chi connectivity index (χ4v) is 6.00. The van der Waals surface area contributed by atoms with E-state index in [9.17, 15) is 4.79 Å². The third-order valence-corrected chi connectivity index (χ3v) is 8.39. The summed E-state index contributed by atoms with van der Waals surface area (Å²) in [6, 6.07) is 7.39. The molecule has 37 heavy (non-hydrogen) atoms. The first-order valence-corrected chi connectivity index (χ1v) is 14.9. The van der Waals surface area contributed by atoms with Crippen LogP contribution in [0.5, 0.6) is 0 Å². The summed E-state index contributed by atoms with van der Waals surface area (Å²) in [6.07, 6.45) is 5.92. The Morgan fingerprint density at radius 1 is 1.22 bits per heavy atom. The second kappa shape index (κ2) is 12.1. The first-order valence-electron chi connectivity index (χ1n) is 12.9. The van der Waals surface area contributed by atoms with Gasteiger partial charge in [-0.2, -0.15) is 11.8 Å². The molecule has 10 heteroatoms. The molecule has 2 aromatic carbocycles. The monoisotopic (exact) mass is 589 g/mol. The highest BCUT2D eigenvalue weighted by atomic mass is 79.9. The van der Waals surface area contributed by atoms with Gasteiger partial charge in [-0.1, -0.05) is 15.9 Å². The van der Waals surface area contributed by atoms with E-state index in [1.807, 2.05) is 41.5 Å². The van der Waals surface area contributed by atoms with Crippen LogP contribution in [0.4, 0.5) is 15.8 Å². The number of halogens is 2. The van der Waals surface area contributed by atoms with Gasteiger partial charge in [-0.15, -0.1) is 0 Å². The summed E-state index contributed by atoms with van der Waals surface area (Å²) < 4.78 is 18.8. The summed E-state index contributed by atoms with van der Waals surface area (Å²) in [7, 11) is 0. The predicted octanol–water partition coefficient (Wildman–Crippen LogP) is 5.89. The number of amides is 1. The van der Waals surface area contributed by atoms with Crippen LogP contribution in [0.15, 0.2) is 35.1 Å². The van der Waals surface area contributed by atoms with Crippen LogP contribution in [-0.4, -0.2) is 58.1 Å². The maximum Gasteiger partial charge on any atom is 0.277 e. The Morgan fingerprint density at radius 3 is 2.76 bits per heavy atom. The lowest BCUT2D eigenvalue weighted by molar-refractivity contribution is 0.0271. The van der Waals surface area contributed by atoms with Crippen LogP contribution in [0.2, 0.25) is 0 Å². The normalized spacial score (nSPS) is 16.3. The Balaban J connectivity index is 1.37. The van der Waals surface area contributed by atoms with Crippen molar-refractivity contribution in [3.05, 3.63) is 52.0 Å². The molecule has 1 saturated carbocycles. The topological polar surface area (TPSA) is 71.4 Å². The molecule has 2 heterocycles. The van der Waals surface area contributed by atoms with Crippen LogP contribution in [0.1, 0.15) is 41.6 Å². The van der Waals surface area contributed by atoms with Gasteiger partial charge in [0.25, 0.3) is 5.91 Å². The summed E-state index contributed by atoms with van der Waals surface area (Å²) in [5.41, 5.74) is 5.30. The van der Waals surface area contributed by atoms with Gasteiger partial charge in [0.05, 0.1) is 29.7 Å². The standard InChI is InChI=1S/C27H33BrFN5O2S/c1-18-14-20(28)6-7-22(18)31-25-21(27(35)32-36-16-19-4-5-19)15-23-26(24(25)29)30-17-34(23)9-3-2-8-33-10-12-37-13-11-33/h6-7,14-15,17,19,31H,2-5,8-13,16H2,1H3,(H,32,35). The number of thioether (sulfide) groups is 1. The molecule has 2 N–H and O–H groups in total. The van der Waals surface area contributed by atoms with Crippen molar-refractivity contribution in [2.75, 3.05) is 43.1 Å². The number of carbonyl (C=O) groups is 1. The van der Waals surface area contributed by atoms with Crippen LogP contribution in [0.3, 0.4) is 0 Å². The summed E-state index contributed by atoms with van der Waals surface area (Å²) in [4.78, 5) is 25.5. The number of anilines is 2. The second-order valence-corrected chi connectivity index (χ2v) is 12.0. The molecule has 0 unspecified atom stereocenters. The molecule has 1 aliphatic heterocycles. The van der Waals surface area contributed by atoms with E-state index in [0.717, 1.165) is 61.9 Å². The molecule has 7 nitrogen and oxygen atoms in total. The van der Waals surface area contributed by atoms with Gasteiger partial charge in [0.2, 0.25) is 0 Å². The molecule has 0 bridgehead atoms. The number of unbranched alkanes of at least 4 members (excludes halogenated alkanes) is 1. The summed E-state index contributed by atoms with van der Waals surface area (Å²) in [5.74, 6) is 1.88. The van der Waals surface area contributed by atoms with E-state index in [2.05, 4.69) is 36.6 Å². The number of hydrogen-bond donors (Lipinski definition) is 2. The number of nitrogens with zero attached hydrogens (tertiary/aromatic N) is 3. The lowest BCUT2D eigenvalue weighted by atomic mass is 10.1. The van der Waals surface area contributed by atoms with Gasteiger partial charge < -0.3 is 14.8 Å². The number of imidazole rings is 1. The lowest BCUT2D eigenvalue weighted by Gasteiger charge is -2.25. The molecular weight excluding hydrogens is 557 g/mol. The van der Waals surface area contributed by atoms with Gasteiger partial charge in [0.1, 0.15) is 5.52 Å². The first kappa shape index (κ1) is 26.5. The van der Waals surface area contributed by atoms with Crippen LogP contribution >= 0.6 is 27.7 Å². The van der Waals surface area contributed by atoms with Crippen molar-refractivity contribution in [1.82, 2.24) is 19.9 Å². The largest absolute Gasteiger partial charge is 0.352 e. The van der Waals surface area contributed by atoms with Gasteiger partial charge in [-0.25, -0.2) is 14.9 Å². The fraction of sp³-hybridized carbons (Fsp3) is 0.481. The maximum atomic E-state index is 15.9. The van der Waals surface area contributed by atoms with Crippen LogP contribution < -0.4 is 10.8 Å². The predicted molar refractivity (Wildman–Crippen MR) is 151 cm³/mol. The third-order valence-electron chi connectivity index (χ3n) is 6.96. The Morgan fingerprint density at radius 2 is 2.00 bits per heavy atom. The molecule has 5 rings (SSSR count). The number of carbonyl (C=O) groups excluding carboxylic acids is 1. The van der Waals surface area contributed by atoms with E-state index in [-0.39, 0.29) is 16.8 Å². The summed E-state index contributed by atoms with van der Waals surface area (Å²) in [6.45, 7) is 6.50. The molecule has 0 spiro atoms. The molecular formula is C27H33BrFN5O2S. The van der Waals surface area contributed by atoms with Crippen molar-refractivity contribution in [3.8, 4) is 0 Å². The number of hydroxylamine groups is 1. The third kappa shape index (κ3) is 6.66. The molecule has 1 aliphatic carbocycles. The molecule has 198 valence electrons. The number of aryl methyl sites for hydroxylation is 2. The molecule has 2 fully saturated rings. The molecule has 3 aromatic rings. The van der Waals surface area contributed by atoms with E-state index in [0.29, 0.717) is 23.7 Å². The average Bonchev–Trinajstić information content (AvgIpc) is 3.63. The minimum absolute atomic E-state index is 0.0960. The van der Waals surface area contributed by atoms with Crippen LogP contribution in [0, 0.1) is 18.7 Å². The van der Waals surface area contributed by atoms with Gasteiger partial charge >= 0.3 is 0 Å². The van der Waals surface area contributed by atoms with E-state index >= 15 is 4.39 Å². The zero-order chi connectivity index (χ0) is 25.8. The average molecular weight is 591 g/mol. The minimum Gasteiger partial charge on any atom is -0.352 e. The van der Waals surface area contributed by atoms with Crippen LogP contribution in [0.25, 0.3) is 11.0 Å². The van der Waals surface area contributed by atoms with E-state index < -0.39 is 11.7 Å². The zero-order valence-electron chi connectivity index (χ0n) is 21.1. The molecule has 1 amide bonds. The first-order chi connectivity index (χ1) is 18.0. The Labute approximate surface area is 229 Å². The smallest absolute Gasteiger partial charge is 0.277 e. The minimum atomic E-state index is -0.545. The molecule has 0 atom stereocenters. The maximum absolute atomic E-state index is 15.9. The number of aromatic nitrogens is 2. The number of hydrogen-bond acceptors (Lipinski definition) is 6. The van der Waals surface area contributed by atoms with Gasteiger partial charge in [0.15, 0.2) is 5.82 Å². The van der Waals surface area contributed by atoms with Crippen molar-refractivity contribution in [3.63, 3.8) is 0 Å². The van der Waals surface area contributed by atoms with Crippen molar-refractivity contribution < 1.29 is 14.0 Å². The Hall–Kier alpha value is -2.14. The van der Waals surface area contributed by atoms with E-state index in [1.54, 1.807) is 12.4 Å². The highest BCUT2D eigenvalue weighted by Gasteiger charge is 2.25. The highest BCUT2D eigenvalue weighted by molar-refractivity contribution is 9.10. The quantitative estimate of drug-likeness (QED) is 0.215. The molecule has 1 saturated heterocycles. The number of rotatable bonds is 11. The van der Waals surface area contributed by atoms with Gasteiger partial charge in [-0.3, -0.25) is 9.63 Å². The van der Waals surface area contributed by atoms with E-state index in [4.69, 9.17) is 4.84 Å². The fourth-order valence-electron chi connectivity index (χ4n) is 4.55. The second-order valence-electron chi connectivity index (χ2n) is 9.85. The summed E-state index contributed by atoms with van der Waals surface area (Å²) >= 11 is 5.48. The number of benzene rings is 2. The molecule has 1 aromatic heterocycles. The number of fused-ring (bicyclic) bond motifs is 1. The Bertz CT molecular complexity index is 1260. The number of nitrogens with one attached hydrogen (secondary N) is 2. The van der Waals surface area contributed by atoms with Gasteiger partial charge in [0, 0.05) is 41.3 Å². The molecule has 2 aliphatic rings. The van der Waals surface area contributed by atoms with E-state index in [1.165, 1.54) is 11.5 Å². The summed E-state index contributed by atoms with van der Waals surface area (Å²) in [5, 5.41) is 3.15. The van der Waals surface area contributed by atoms with Crippen LogP contribution in [-0.2, 0) is 11.4 Å². The Kier molecular flexibility index (Phi) is 8.69. The zero-order valence-corrected chi connectivity index (χ0v) is 23.5. The van der Waals surface area contributed by atoms with Crippen molar-refractivity contribution in [2.24, 2.45) is 5.92 Å². The SMILES string of the molecule is Cc1cc(Br)ccc1Nc1c(C(=O)NOCC2CC2)cc2c(ncn2CCCCN2CCSCC2)c1F. The lowest BCUT2D eigenvalue weighted by Crippen LogP contribution is -2.33. The van der Waals surface area contributed by atoms with Crippen molar-refractivity contribution >= 4 is 56.0 Å². The van der Waals surface area contributed by atoms with Gasteiger partial charge in [-0.05, 0) is 74.9 Å².